The first kappa shape index (κ1) is 21.6. The molecule has 0 saturated heterocycles. The number of nitrogens with one attached hydrogen (secondary N) is 1. The summed E-state index contributed by atoms with van der Waals surface area (Å²) in [5.74, 6) is 0.769. The largest absolute Gasteiger partial charge is 0.457 e. The average Bonchev–Trinajstić information content (AvgIpc) is 3.16. The highest BCUT2D eigenvalue weighted by molar-refractivity contribution is 7.90. The lowest BCUT2D eigenvalue weighted by Crippen LogP contribution is -2.31. The fourth-order valence-electron chi connectivity index (χ4n) is 3.07. The van der Waals surface area contributed by atoms with Gasteiger partial charge in [-0.1, -0.05) is 54.1 Å². The number of carbonyl (C=O) groups is 1. The van der Waals surface area contributed by atoms with Gasteiger partial charge in [-0.05, 0) is 36.4 Å². The molecule has 0 aliphatic rings. The number of halogens is 1. The predicted octanol–water partition coefficient (Wildman–Crippen LogP) is 4.65. The van der Waals surface area contributed by atoms with Crippen LogP contribution in [0.2, 0.25) is 5.02 Å². The van der Waals surface area contributed by atoms with Crippen molar-refractivity contribution in [3.63, 3.8) is 0 Å². The van der Waals surface area contributed by atoms with Gasteiger partial charge in [-0.2, -0.15) is 0 Å². The van der Waals surface area contributed by atoms with E-state index in [0.717, 1.165) is 0 Å². The van der Waals surface area contributed by atoms with Crippen LogP contribution < -0.4 is 9.46 Å². The van der Waals surface area contributed by atoms with Gasteiger partial charge in [0.1, 0.15) is 27.9 Å². The lowest BCUT2D eigenvalue weighted by molar-refractivity contribution is 0.0977. The molecule has 0 atom stereocenters. The summed E-state index contributed by atoms with van der Waals surface area (Å²) in [5.41, 5.74) is 0.583. The van der Waals surface area contributed by atoms with Gasteiger partial charge < -0.3 is 9.30 Å². The second kappa shape index (κ2) is 8.86. The minimum absolute atomic E-state index is 0.0153. The van der Waals surface area contributed by atoms with E-state index in [2.05, 4.69) is 4.98 Å². The Kier molecular flexibility index (Phi) is 5.98. The fourth-order valence-corrected chi connectivity index (χ4v) is 4.56. The average molecular weight is 468 g/mol. The molecule has 162 valence electrons. The second-order valence-electron chi connectivity index (χ2n) is 6.84. The van der Waals surface area contributed by atoms with Crippen LogP contribution in [0.25, 0.3) is 11.4 Å². The SMILES string of the molecule is Cn1cc(C(=O)NS(=O)(=O)c2ccccc2Cl)nc1-c1ccccc1Oc1ccccc1. The van der Waals surface area contributed by atoms with Crippen LogP contribution in [0, 0.1) is 0 Å². The molecule has 0 saturated carbocycles. The first-order valence-corrected chi connectivity index (χ1v) is 11.4. The number of aryl methyl sites for hydroxylation is 1. The Labute approximate surface area is 190 Å². The van der Waals surface area contributed by atoms with Crippen LogP contribution in [0.4, 0.5) is 0 Å². The van der Waals surface area contributed by atoms with Gasteiger partial charge >= 0.3 is 0 Å². The topological polar surface area (TPSA) is 90.3 Å². The van der Waals surface area contributed by atoms with Crippen LogP contribution >= 0.6 is 11.6 Å². The lowest BCUT2D eigenvalue weighted by Gasteiger charge is -2.10. The van der Waals surface area contributed by atoms with Gasteiger partial charge in [-0.15, -0.1) is 0 Å². The summed E-state index contributed by atoms with van der Waals surface area (Å²) < 4.78 is 34.8. The summed E-state index contributed by atoms with van der Waals surface area (Å²) in [6, 6.07) is 22.4. The number of hydrogen-bond acceptors (Lipinski definition) is 5. The van der Waals surface area contributed by atoms with Crippen molar-refractivity contribution in [1.82, 2.24) is 14.3 Å². The monoisotopic (exact) mass is 467 g/mol. The summed E-state index contributed by atoms with van der Waals surface area (Å²) in [7, 11) is -2.45. The molecule has 0 aliphatic carbocycles. The molecule has 7 nitrogen and oxygen atoms in total. The van der Waals surface area contributed by atoms with Gasteiger partial charge in [-0.3, -0.25) is 4.79 Å². The number of aromatic nitrogens is 2. The summed E-state index contributed by atoms with van der Waals surface area (Å²) in [5, 5.41) is 0.0153. The van der Waals surface area contributed by atoms with Crippen molar-refractivity contribution >= 4 is 27.5 Å². The number of benzene rings is 3. The molecular formula is C23H18ClN3O4S. The maximum atomic E-state index is 12.7. The molecule has 9 heteroatoms. The highest BCUT2D eigenvalue weighted by Crippen LogP contribution is 2.32. The summed E-state index contributed by atoms with van der Waals surface area (Å²) in [6.07, 6.45) is 1.45. The summed E-state index contributed by atoms with van der Waals surface area (Å²) in [4.78, 5) is 16.8. The molecule has 1 amide bonds. The fraction of sp³-hybridized carbons (Fsp3) is 0.0435. The number of carbonyl (C=O) groups excluding carboxylic acids is 1. The Morgan fingerprint density at radius 3 is 2.38 bits per heavy atom. The Hall–Kier alpha value is -3.62. The van der Waals surface area contributed by atoms with Crippen LogP contribution in [0.15, 0.2) is 90.0 Å². The van der Waals surface area contributed by atoms with Crippen molar-refractivity contribution in [1.29, 1.82) is 0 Å². The van der Waals surface area contributed by atoms with Gasteiger partial charge in [0, 0.05) is 13.2 Å². The van der Waals surface area contributed by atoms with Crippen molar-refractivity contribution in [3.05, 3.63) is 95.8 Å². The van der Waals surface area contributed by atoms with Gasteiger partial charge in [0.25, 0.3) is 15.9 Å². The van der Waals surface area contributed by atoms with Gasteiger partial charge in [-0.25, -0.2) is 18.1 Å². The van der Waals surface area contributed by atoms with Crippen LogP contribution in [0.5, 0.6) is 11.5 Å². The quantitative estimate of drug-likeness (QED) is 0.445. The van der Waals surface area contributed by atoms with Crippen molar-refractivity contribution < 1.29 is 17.9 Å². The second-order valence-corrected chi connectivity index (χ2v) is 8.89. The maximum absolute atomic E-state index is 12.7. The standard InChI is InChI=1S/C23H18ClN3O4S/c1-27-15-19(23(28)26-32(29,30)21-14-8-6-12-18(21)24)25-22(27)17-11-5-7-13-20(17)31-16-9-3-2-4-10-16/h2-15H,1H3,(H,26,28). The van der Waals surface area contributed by atoms with Crippen LogP contribution in [-0.4, -0.2) is 23.9 Å². The van der Waals surface area contributed by atoms with E-state index < -0.39 is 15.9 Å². The third-order valence-corrected chi connectivity index (χ3v) is 6.39. The van der Waals surface area contributed by atoms with E-state index in [4.69, 9.17) is 16.3 Å². The minimum atomic E-state index is -4.16. The van der Waals surface area contributed by atoms with Crippen molar-refractivity contribution in [3.8, 4) is 22.9 Å². The molecule has 4 rings (SSSR count). The van der Waals surface area contributed by atoms with Crippen LogP contribution in [0.3, 0.4) is 0 Å². The first-order chi connectivity index (χ1) is 15.3. The maximum Gasteiger partial charge on any atom is 0.285 e. The van der Waals surface area contributed by atoms with Crippen molar-refractivity contribution in [2.75, 3.05) is 0 Å². The molecule has 0 unspecified atom stereocenters. The normalized spacial score (nSPS) is 11.2. The van der Waals surface area contributed by atoms with Crippen molar-refractivity contribution in [2.24, 2.45) is 7.05 Å². The Balaban J connectivity index is 1.63. The van der Waals surface area contributed by atoms with E-state index in [9.17, 15) is 13.2 Å². The van der Waals surface area contributed by atoms with Crippen LogP contribution in [-0.2, 0) is 17.1 Å². The number of imidazole rings is 1. The van der Waals surface area contributed by atoms with Crippen molar-refractivity contribution in [2.45, 2.75) is 4.90 Å². The molecule has 1 heterocycles. The van der Waals surface area contributed by atoms with Gasteiger partial charge in [0.2, 0.25) is 0 Å². The van der Waals surface area contributed by atoms with Gasteiger partial charge in [0.05, 0.1) is 10.6 Å². The number of sulfonamides is 1. The summed E-state index contributed by atoms with van der Waals surface area (Å²) >= 11 is 5.97. The highest BCUT2D eigenvalue weighted by Gasteiger charge is 2.24. The number of ether oxygens (including phenoxy) is 1. The molecule has 0 aliphatic heterocycles. The Bertz CT molecular complexity index is 1390. The molecule has 0 fully saturated rings. The number of amides is 1. The molecule has 0 bridgehead atoms. The smallest absolute Gasteiger partial charge is 0.285 e. The zero-order valence-corrected chi connectivity index (χ0v) is 18.5. The number of nitrogens with zero attached hydrogens (tertiary/aromatic N) is 2. The minimum Gasteiger partial charge on any atom is -0.457 e. The molecule has 1 N–H and O–H groups in total. The Morgan fingerprint density at radius 2 is 1.62 bits per heavy atom. The van der Waals surface area contributed by atoms with E-state index in [1.165, 1.54) is 24.4 Å². The molecule has 0 radical (unpaired) electrons. The highest BCUT2D eigenvalue weighted by atomic mass is 35.5. The lowest BCUT2D eigenvalue weighted by atomic mass is 10.2. The zero-order chi connectivity index (χ0) is 22.7. The third-order valence-electron chi connectivity index (χ3n) is 4.56. The molecule has 4 aromatic rings. The molecule has 3 aromatic carbocycles. The van der Waals surface area contributed by atoms with E-state index in [0.29, 0.717) is 22.9 Å². The van der Waals surface area contributed by atoms with E-state index in [1.807, 2.05) is 53.3 Å². The number of rotatable bonds is 6. The predicted molar refractivity (Wildman–Crippen MR) is 121 cm³/mol. The molecular weight excluding hydrogens is 450 g/mol. The third kappa shape index (κ3) is 4.51. The zero-order valence-electron chi connectivity index (χ0n) is 16.9. The number of para-hydroxylation sites is 2. The van der Waals surface area contributed by atoms with Gasteiger partial charge in [0.15, 0.2) is 0 Å². The first-order valence-electron chi connectivity index (χ1n) is 9.52. The molecule has 1 aromatic heterocycles. The van der Waals surface area contributed by atoms with E-state index >= 15 is 0 Å². The van der Waals surface area contributed by atoms with E-state index in [-0.39, 0.29) is 15.6 Å². The summed E-state index contributed by atoms with van der Waals surface area (Å²) in [6.45, 7) is 0. The van der Waals surface area contributed by atoms with Crippen LogP contribution in [0.1, 0.15) is 10.5 Å². The Morgan fingerprint density at radius 1 is 0.969 bits per heavy atom. The van der Waals surface area contributed by atoms with E-state index in [1.54, 1.807) is 23.7 Å². The molecule has 0 spiro atoms. The molecule has 32 heavy (non-hydrogen) atoms. The number of hydrogen-bond donors (Lipinski definition) is 1.